The highest BCUT2D eigenvalue weighted by atomic mass is 79.9. The van der Waals surface area contributed by atoms with Crippen LogP contribution in [0, 0.1) is 5.92 Å². The van der Waals surface area contributed by atoms with E-state index in [2.05, 4.69) is 75.4 Å². The fraction of sp³-hybridized carbons (Fsp3) is 0.381. The number of likely N-dealkylation sites (tertiary alicyclic amines) is 1. The van der Waals surface area contributed by atoms with Crippen LogP contribution in [-0.2, 0) is 17.0 Å². The number of carbonyl (C=O) groups excluding carboxylic acids is 1. The molecule has 2 nitrogen and oxygen atoms in total. The van der Waals surface area contributed by atoms with E-state index < -0.39 is 0 Å². The monoisotopic (exact) mass is 417 g/mol. The summed E-state index contributed by atoms with van der Waals surface area (Å²) in [6.45, 7) is 1.82. The maximum absolute atomic E-state index is 12.4. The van der Waals surface area contributed by atoms with Crippen LogP contribution in [0.4, 0.5) is 0 Å². The van der Waals surface area contributed by atoms with E-state index >= 15 is 0 Å². The molecule has 25 heavy (non-hydrogen) atoms. The summed E-state index contributed by atoms with van der Waals surface area (Å²) in [5.74, 6) is 2.48. The van der Waals surface area contributed by atoms with Crippen LogP contribution in [0.1, 0.15) is 24.0 Å². The summed E-state index contributed by atoms with van der Waals surface area (Å²) in [6.07, 6.45) is 3.39. The fourth-order valence-electron chi connectivity index (χ4n) is 3.26. The number of benzene rings is 2. The van der Waals surface area contributed by atoms with Crippen LogP contribution in [-0.4, -0.2) is 29.6 Å². The highest BCUT2D eigenvalue weighted by molar-refractivity contribution is 9.10. The van der Waals surface area contributed by atoms with Crippen molar-refractivity contribution in [1.29, 1.82) is 0 Å². The first-order chi connectivity index (χ1) is 12.2. The van der Waals surface area contributed by atoms with Gasteiger partial charge in [-0.25, -0.2) is 0 Å². The normalized spacial score (nSPS) is 15.3. The molecule has 1 saturated heterocycles. The zero-order valence-electron chi connectivity index (χ0n) is 14.4. The zero-order chi connectivity index (χ0) is 17.5. The zero-order valence-corrected chi connectivity index (χ0v) is 16.8. The summed E-state index contributed by atoms with van der Waals surface area (Å²) in [4.78, 5) is 14.5. The maximum atomic E-state index is 12.4. The smallest absolute Gasteiger partial charge is 0.232 e. The Kier molecular flexibility index (Phi) is 7.00. The summed E-state index contributed by atoms with van der Waals surface area (Å²) in [5.41, 5.74) is 2.68. The number of piperidine rings is 1. The van der Waals surface area contributed by atoms with Crippen molar-refractivity contribution in [2.24, 2.45) is 5.92 Å². The highest BCUT2D eigenvalue weighted by Gasteiger charge is 2.22. The topological polar surface area (TPSA) is 20.3 Å². The van der Waals surface area contributed by atoms with E-state index in [1.54, 1.807) is 11.8 Å². The standard InChI is InChI=1S/C21H24BrNOS/c22-20-8-6-19(7-9-20)15-25-16-21(24)23-12-10-18(11-13-23)14-17-4-2-1-3-5-17/h1-9,18H,10-16H2. The Labute approximate surface area is 163 Å². The molecule has 1 fully saturated rings. The molecule has 0 atom stereocenters. The van der Waals surface area contributed by atoms with Gasteiger partial charge in [0.25, 0.3) is 0 Å². The molecule has 0 N–H and O–H groups in total. The lowest BCUT2D eigenvalue weighted by Gasteiger charge is -2.32. The van der Waals surface area contributed by atoms with Crippen LogP contribution >= 0.6 is 27.7 Å². The molecule has 0 spiro atoms. The molecule has 0 aliphatic carbocycles. The largest absolute Gasteiger partial charge is 0.342 e. The van der Waals surface area contributed by atoms with Crippen molar-refractivity contribution in [1.82, 2.24) is 4.90 Å². The van der Waals surface area contributed by atoms with Gasteiger partial charge in [-0.2, -0.15) is 0 Å². The molecule has 2 aromatic carbocycles. The van der Waals surface area contributed by atoms with Crippen molar-refractivity contribution in [3.8, 4) is 0 Å². The van der Waals surface area contributed by atoms with E-state index in [-0.39, 0.29) is 0 Å². The Bertz CT molecular complexity index is 666. The van der Waals surface area contributed by atoms with Gasteiger partial charge < -0.3 is 4.90 Å². The summed E-state index contributed by atoms with van der Waals surface area (Å²) in [5, 5.41) is 0. The third-order valence-corrected chi connectivity index (χ3v) is 6.26. The summed E-state index contributed by atoms with van der Waals surface area (Å²) < 4.78 is 1.09. The Hall–Kier alpha value is -1.26. The first-order valence-electron chi connectivity index (χ1n) is 8.84. The van der Waals surface area contributed by atoms with Gasteiger partial charge in [-0.15, -0.1) is 11.8 Å². The lowest BCUT2D eigenvalue weighted by Crippen LogP contribution is -2.39. The molecule has 0 radical (unpaired) electrons. The maximum Gasteiger partial charge on any atom is 0.232 e. The molecule has 1 aliphatic rings. The van der Waals surface area contributed by atoms with Gasteiger partial charge in [0.15, 0.2) is 0 Å². The van der Waals surface area contributed by atoms with Crippen molar-refractivity contribution < 1.29 is 4.79 Å². The number of thioether (sulfide) groups is 1. The van der Waals surface area contributed by atoms with E-state index in [1.165, 1.54) is 11.1 Å². The number of amides is 1. The molecule has 0 bridgehead atoms. The number of hydrogen-bond acceptors (Lipinski definition) is 2. The van der Waals surface area contributed by atoms with Gasteiger partial charge in [0, 0.05) is 23.3 Å². The van der Waals surface area contributed by atoms with Crippen molar-refractivity contribution in [2.75, 3.05) is 18.8 Å². The second-order valence-electron chi connectivity index (χ2n) is 6.63. The van der Waals surface area contributed by atoms with Crippen molar-refractivity contribution >= 4 is 33.6 Å². The molecule has 0 aromatic heterocycles. The van der Waals surface area contributed by atoms with Crippen LogP contribution in [0.2, 0.25) is 0 Å². The predicted molar refractivity (Wildman–Crippen MR) is 110 cm³/mol. The molecule has 0 unspecified atom stereocenters. The third kappa shape index (κ3) is 5.89. The second kappa shape index (κ2) is 9.44. The Morgan fingerprint density at radius 3 is 2.36 bits per heavy atom. The van der Waals surface area contributed by atoms with Gasteiger partial charge in [0.05, 0.1) is 5.75 Å². The lowest BCUT2D eigenvalue weighted by molar-refractivity contribution is -0.129. The van der Waals surface area contributed by atoms with E-state index in [0.717, 1.165) is 42.6 Å². The summed E-state index contributed by atoms with van der Waals surface area (Å²) >= 11 is 5.16. The van der Waals surface area contributed by atoms with Crippen molar-refractivity contribution in [3.05, 3.63) is 70.2 Å². The number of carbonyl (C=O) groups is 1. The molecular weight excluding hydrogens is 394 g/mol. The third-order valence-electron chi connectivity index (χ3n) is 4.74. The Balaban J connectivity index is 1.37. The van der Waals surface area contributed by atoms with Crippen LogP contribution in [0.3, 0.4) is 0 Å². The van der Waals surface area contributed by atoms with Gasteiger partial charge in [0.2, 0.25) is 5.91 Å². The van der Waals surface area contributed by atoms with Crippen LogP contribution in [0.25, 0.3) is 0 Å². The molecule has 4 heteroatoms. The molecule has 3 rings (SSSR count). The molecular formula is C21H24BrNOS. The van der Waals surface area contributed by atoms with E-state index in [0.29, 0.717) is 17.6 Å². The van der Waals surface area contributed by atoms with Gasteiger partial charge in [-0.3, -0.25) is 4.79 Å². The summed E-state index contributed by atoms with van der Waals surface area (Å²) in [6, 6.07) is 19.0. The van der Waals surface area contributed by atoms with Gasteiger partial charge in [-0.05, 0) is 48.4 Å². The average Bonchev–Trinajstić information content (AvgIpc) is 2.65. The second-order valence-corrected chi connectivity index (χ2v) is 8.53. The van der Waals surface area contributed by atoms with Crippen molar-refractivity contribution in [3.63, 3.8) is 0 Å². The number of rotatable bonds is 6. The minimum absolute atomic E-state index is 0.292. The summed E-state index contributed by atoms with van der Waals surface area (Å²) in [7, 11) is 0. The Morgan fingerprint density at radius 2 is 1.68 bits per heavy atom. The molecule has 0 saturated carbocycles. The van der Waals surface area contributed by atoms with Gasteiger partial charge in [0.1, 0.15) is 0 Å². The average molecular weight is 418 g/mol. The van der Waals surface area contributed by atoms with Gasteiger partial charge >= 0.3 is 0 Å². The predicted octanol–water partition coefficient (Wildman–Crippen LogP) is 5.16. The SMILES string of the molecule is O=C(CSCc1ccc(Br)cc1)N1CCC(Cc2ccccc2)CC1. The van der Waals surface area contributed by atoms with Gasteiger partial charge in [-0.1, -0.05) is 58.4 Å². The first-order valence-corrected chi connectivity index (χ1v) is 10.8. The Morgan fingerprint density at radius 1 is 1.00 bits per heavy atom. The first kappa shape index (κ1) is 18.5. The lowest BCUT2D eigenvalue weighted by atomic mass is 9.90. The molecule has 1 heterocycles. The molecule has 1 aliphatic heterocycles. The minimum atomic E-state index is 0.292. The quantitative estimate of drug-likeness (QED) is 0.646. The fourth-order valence-corrected chi connectivity index (χ4v) is 4.41. The highest BCUT2D eigenvalue weighted by Crippen LogP contribution is 2.23. The van der Waals surface area contributed by atoms with E-state index in [1.807, 2.05) is 0 Å². The molecule has 1 amide bonds. The van der Waals surface area contributed by atoms with Crippen LogP contribution in [0.5, 0.6) is 0 Å². The van der Waals surface area contributed by atoms with Crippen molar-refractivity contribution in [2.45, 2.75) is 25.0 Å². The molecule has 2 aromatic rings. The number of hydrogen-bond donors (Lipinski definition) is 0. The number of halogens is 1. The number of nitrogens with zero attached hydrogens (tertiary/aromatic N) is 1. The van der Waals surface area contributed by atoms with Crippen LogP contribution in [0.15, 0.2) is 59.1 Å². The van der Waals surface area contributed by atoms with E-state index in [9.17, 15) is 4.79 Å². The molecule has 132 valence electrons. The van der Waals surface area contributed by atoms with Crippen LogP contribution < -0.4 is 0 Å². The van der Waals surface area contributed by atoms with E-state index in [4.69, 9.17) is 0 Å². The minimum Gasteiger partial charge on any atom is -0.342 e.